The number of thiophene rings is 1. The first-order valence-corrected chi connectivity index (χ1v) is 10.5. The minimum atomic E-state index is -2.76. The molecule has 5 heterocycles. The topological polar surface area (TPSA) is 73.1 Å². The quantitative estimate of drug-likeness (QED) is 0.635. The molecule has 1 saturated heterocycles. The first-order valence-electron chi connectivity index (χ1n) is 9.72. The van der Waals surface area contributed by atoms with E-state index in [1.807, 2.05) is 0 Å². The van der Waals surface area contributed by atoms with E-state index in [0.717, 1.165) is 23.2 Å². The van der Waals surface area contributed by atoms with Gasteiger partial charge < -0.3 is 9.64 Å². The number of hydrogen-bond acceptors (Lipinski definition) is 6. The van der Waals surface area contributed by atoms with E-state index in [9.17, 15) is 13.6 Å². The number of piperidine rings is 1. The van der Waals surface area contributed by atoms with Gasteiger partial charge in [0.25, 0.3) is 5.91 Å². The van der Waals surface area contributed by atoms with Crippen LogP contribution in [0.15, 0.2) is 36.9 Å². The second-order valence-electron chi connectivity index (χ2n) is 7.38. The molecule has 5 rings (SSSR count). The van der Waals surface area contributed by atoms with Crippen LogP contribution < -0.4 is 0 Å². The van der Waals surface area contributed by atoms with Gasteiger partial charge >= 0.3 is 6.55 Å². The number of ether oxygens (including phenoxy) is 1. The fourth-order valence-electron chi connectivity index (χ4n) is 4.18. The number of likely N-dealkylation sites (tertiary alicyclic amines) is 1. The molecule has 2 aliphatic heterocycles. The van der Waals surface area contributed by atoms with Crippen molar-refractivity contribution in [3.8, 4) is 10.6 Å². The number of hydrogen-bond donors (Lipinski definition) is 0. The van der Waals surface area contributed by atoms with E-state index < -0.39 is 12.2 Å². The average Bonchev–Trinajstić information content (AvgIpc) is 3.43. The third kappa shape index (κ3) is 3.29. The summed E-state index contributed by atoms with van der Waals surface area (Å²) in [6.45, 7) is -1.15. The average molecular weight is 431 g/mol. The van der Waals surface area contributed by atoms with E-state index in [0.29, 0.717) is 37.2 Å². The number of alkyl halides is 2. The summed E-state index contributed by atoms with van der Waals surface area (Å²) >= 11 is 1.72. The maximum absolute atomic E-state index is 12.7. The summed E-state index contributed by atoms with van der Waals surface area (Å²) in [7, 11) is 0. The predicted octanol–water partition coefficient (Wildman–Crippen LogP) is 3.50. The Labute approximate surface area is 175 Å². The zero-order valence-corrected chi connectivity index (χ0v) is 16.8. The van der Waals surface area contributed by atoms with E-state index in [1.54, 1.807) is 34.8 Å². The number of halogens is 2. The van der Waals surface area contributed by atoms with E-state index in [4.69, 9.17) is 4.74 Å². The molecule has 0 bridgehead atoms. The third-order valence-electron chi connectivity index (χ3n) is 5.71. The Morgan fingerprint density at radius 2 is 2.10 bits per heavy atom. The molecule has 0 aromatic carbocycles. The van der Waals surface area contributed by atoms with Gasteiger partial charge in [-0.3, -0.25) is 14.8 Å². The molecule has 2 aliphatic rings. The Morgan fingerprint density at radius 1 is 1.27 bits per heavy atom. The summed E-state index contributed by atoms with van der Waals surface area (Å²) in [5.74, 6) is -0.328. The summed E-state index contributed by atoms with van der Waals surface area (Å²) in [4.78, 5) is 25.3. The lowest BCUT2D eigenvalue weighted by atomic mass is 9.82. The van der Waals surface area contributed by atoms with Crippen molar-refractivity contribution in [3.05, 3.63) is 53.1 Å². The lowest BCUT2D eigenvalue weighted by molar-refractivity contribution is -0.0926. The number of amides is 1. The summed E-state index contributed by atoms with van der Waals surface area (Å²) in [5.41, 5.74) is 1.63. The molecule has 1 amide bonds. The highest BCUT2D eigenvalue weighted by Gasteiger charge is 2.43. The van der Waals surface area contributed by atoms with Crippen molar-refractivity contribution >= 4 is 17.2 Å². The zero-order valence-electron chi connectivity index (χ0n) is 16.0. The monoisotopic (exact) mass is 431 g/mol. The van der Waals surface area contributed by atoms with Crippen molar-refractivity contribution in [3.63, 3.8) is 0 Å². The smallest absolute Gasteiger partial charge is 0.333 e. The van der Waals surface area contributed by atoms with Crippen molar-refractivity contribution in [1.82, 2.24) is 24.6 Å². The van der Waals surface area contributed by atoms with Crippen LogP contribution in [-0.2, 0) is 16.8 Å². The fraction of sp³-hybridized carbons (Fsp3) is 0.400. The largest absolute Gasteiger partial charge is 0.370 e. The highest BCUT2D eigenvalue weighted by molar-refractivity contribution is 7.15. The number of carbonyl (C=O) groups is 1. The normalized spacial score (nSPS) is 18.0. The Morgan fingerprint density at radius 3 is 2.80 bits per heavy atom. The van der Waals surface area contributed by atoms with Gasteiger partial charge in [0.2, 0.25) is 0 Å². The number of aromatic nitrogens is 4. The van der Waals surface area contributed by atoms with E-state index in [2.05, 4.69) is 21.1 Å². The van der Waals surface area contributed by atoms with Crippen LogP contribution in [0.3, 0.4) is 0 Å². The molecule has 10 heteroatoms. The van der Waals surface area contributed by atoms with Crippen molar-refractivity contribution in [1.29, 1.82) is 0 Å². The van der Waals surface area contributed by atoms with Crippen molar-refractivity contribution in [2.24, 2.45) is 0 Å². The predicted molar refractivity (Wildman–Crippen MR) is 105 cm³/mol. The van der Waals surface area contributed by atoms with Crippen LogP contribution >= 0.6 is 11.3 Å². The zero-order chi connectivity index (χ0) is 20.7. The van der Waals surface area contributed by atoms with Crippen LogP contribution in [0.25, 0.3) is 10.6 Å². The second-order valence-corrected chi connectivity index (χ2v) is 8.52. The van der Waals surface area contributed by atoms with Gasteiger partial charge in [-0.1, -0.05) is 0 Å². The molecule has 3 aromatic rings. The van der Waals surface area contributed by atoms with Crippen LogP contribution in [0.4, 0.5) is 8.78 Å². The fourth-order valence-corrected chi connectivity index (χ4v) is 5.37. The van der Waals surface area contributed by atoms with Gasteiger partial charge in [0.05, 0.1) is 29.0 Å². The van der Waals surface area contributed by atoms with Crippen LogP contribution in [0, 0.1) is 0 Å². The molecule has 0 saturated carbocycles. The van der Waals surface area contributed by atoms with Crippen molar-refractivity contribution in [2.45, 2.75) is 31.4 Å². The van der Waals surface area contributed by atoms with Gasteiger partial charge in [-0.25, -0.2) is 4.68 Å². The molecule has 0 radical (unpaired) electrons. The number of rotatable bonds is 3. The summed E-state index contributed by atoms with van der Waals surface area (Å²) in [6.07, 6.45) is 8.37. The van der Waals surface area contributed by atoms with Gasteiger partial charge in [0, 0.05) is 43.0 Å². The molecule has 30 heavy (non-hydrogen) atoms. The van der Waals surface area contributed by atoms with Gasteiger partial charge in [0.15, 0.2) is 5.69 Å². The van der Waals surface area contributed by atoms with Gasteiger partial charge in [0.1, 0.15) is 0 Å². The van der Waals surface area contributed by atoms with Crippen LogP contribution in [0.5, 0.6) is 0 Å². The highest BCUT2D eigenvalue weighted by Crippen LogP contribution is 2.46. The molecule has 3 aromatic heterocycles. The standard InChI is InChI=1S/C20H19F2N5O2S/c21-19(22)27-7-1-14(25-27)18(28)26-8-3-20(4-9-26)13-11-17(15-12-23-5-6-24-15)30-16(13)2-10-29-20/h1,5-7,11-12,19H,2-4,8-10H2. The van der Waals surface area contributed by atoms with Gasteiger partial charge in [-0.05, 0) is 30.5 Å². The summed E-state index contributed by atoms with van der Waals surface area (Å²) < 4.78 is 32.2. The van der Waals surface area contributed by atoms with Gasteiger partial charge in [-0.15, -0.1) is 11.3 Å². The molecule has 0 N–H and O–H groups in total. The van der Waals surface area contributed by atoms with Gasteiger partial charge in [-0.2, -0.15) is 13.9 Å². The third-order valence-corrected chi connectivity index (χ3v) is 6.93. The molecule has 1 fully saturated rings. The van der Waals surface area contributed by atoms with Crippen LogP contribution in [0.2, 0.25) is 0 Å². The second kappa shape index (κ2) is 7.51. The molecular weight excluding hydrogens is 412 g/mol. The Bertz CT molecular complexity index is 1060. The molecular formula is C20H19F2N5O2S. The summed E-state index contributed by atoms with van der Waals surface area (Å²) in [6, 6.07) is 3.48. The Kier molecular flexibility index (Phi) is 4.82. The van der Waals surface area contributed by atoms with E-state index >= 15 is 0 Å². The summed E-state index contributed by atoms with van der Waals surface area (Å²) in [5, 5.41) is 3.69. The van der Waals surface area contributed by atoms with E-state index in [-0.39, 0.29) is 11.6 Å². The SMILES string of the molecule is O=C(c1ccn(C(F)F)n1)N1CCC2(CC1)OCCc1sc(-c3cnccn3)cc12. The first-order chi connectivity index (χ1) is 14.6. The Balaban J connectivity index is 1.35. The number of carbonyl (C=O) groups excluding carboxylic acids is 1. The van der Waals surface area contributed by atoms with Crippen LogP contribution in [-0.4, -0.2) is 50.3 Å². The minimum absolute atomic E-state index is 0.0389. The van der Waals surface area contributed by atoms with E-state index in [1.165, 1.54) is 16.5 Å². The minimum Gasteiger partial charge on any atom is -0.370 e. The molecule has 0 aliphatic carbocycles. The molecule has 7 nitrogen and oxygen atoms in total. The highest BCUT2D eigenvalue weighted by atomic mass is 32.1. The molecule has 0 atom stereocenters. The molecule has 0 unspecified atom stereocenters. The number of fused-ring (bicyclic) bond motifs is 2. The van der Waals surface area contributed by atoms with Crippen molar-refractivity contribution in [2.75, 3.05) is 19.7 Å². The lowest BCUT2D eigenvalue weighted by Gasteiger charge is -2.43. The Hall–Kier alpha value is -2.72. The van der Waals surface area contributed by atoms with Crippen LogP contribution in [0.1, 0.15) is 40.3 Å². The maximum atomic E-state index is 12.7. The van der Waals surface area contributed by atoms with Crippen molar-refractivity contribution < 1.29 is 18.3 Å². The maximum Gasteiger partial charge on any atom is 0.333 e. The lowest BCUT2D eigenvalue weighted by Crippen LogP contribution is -2.48. The molecule has 1 spiro atoms. The molecule has 156 valence electrons. The first kappa shape index (κ1) is 19.3. The number of nitrogens with zero attached hydrogens (tertiary/aromatic N) is 5.